The number of carbonyl (C=O) groups is 2. The molecule has 124 valence electrons. The SMILES string of the molecule is CC1(C)OC(=O)C(=CNc2ccc(-n3ccnc3)c(F)c2)C(=O)O1. The molecule has 0 aliphatic carbocycles. The van der Waals surface area contributed by atoms with Gasteiger partial charge < -0.3 is 19.4 Å². The summed E-state index contributed by atoms with van der Waals surface area (Å²) in [6.45, 7) is 2.91. The first-order chi connectivity index (χ1) is 11.4. The average molecular weight is 331 g/mol. The summed E-state index contributed by atoms with van der Waals surface area (Å²) in [5.74, 6) is -3.41. The third-order valence-electron chi connectivity index (χ3n) is 3.23. The minimum Gasteiger partial charge on any atom is -0.419 e. The molecule has 0 spiro atoms. The highest BCUT2D eigenvalue weighted by molar-refractivity contribution is 6.15. The summed E-state index contributed by atoms with van der Waals surface area (Å²) in [7, 11) is 0. The minimum absolute atomic E-state index is 0.298. The second-order valence-electron chi connectivity index (χ2n) is 5.52. The van der Waals surface area contributed by atoms with E-state index in [1.54, 1.807) is 18.3 Å². The first kappa shape index (κ1) is 15.7. The Balaban J connectivity index is 1.78. The smallest absolute Gasteiger partial charge is 0.350 e. The lowest BCUT2D eigenvalue weighted by Crippen LogP contribution is -2.42. The molecule has 3 rings (SSSR count). The first-order valence-corrected chi connectivity index (χ1v) is 7.07. The van der Waals surface area contributed by atoms with E-state index in [9.17, 15) is 14.0 Å². The van der Waals surface area contributed by atoms with E-state index in [4.69, 9.17) is 9.47 Å². The van der Waals surface area contributed by atoms with Crippen LogP contribution in [0.15, 0.2) is 48.7 Å². The maximum atomic E-state index is 14.1. The van der Waals surface area contributed by atoms with Gasteiger partial charge in [-0.1, -0.05) is 0 Å². The molecule has 24 heavy (non-hydrogen) atoms. The first-order valence-electron chi connectivity index (χ1n) is 7.07. The Labute approximate surface area is 136 Å². The summed E-state index contributed by atoms with van der Waals surface area (Å²) in [6.07, 6.45) is 5.76. The van der Waals surface area contributed by atoms with Gasteiger partial charge in [0.2, 0.25) is 0 Å². The molecule has 1 N–H and O–H groups in total. The molecule has 0 saturated carbocycles. The zero-order valence-corrected chi connectivity index (χ0v) is 12.9. The lowest BCUT2D eigenvalue weighted by molar-refractivity contribution is -0.222. The fourth-order valence-electron chi connectivity index (χ4n) is 2.14. The van der Waals surface area contributed by atoms with Crippen LogP contribution in [0, 0.1) is 5.82 Å². The topological polar surface area (TPSA) is 82.5 Å². The normalized spacial score (nSPS) is 16.4. The van der Waals surface area contributed by atoms with E-state index < -0.39 is 23.5 Å². The molecule has 1 fully saturated rings. The van der Waals surface area contributed by atoms with Gasteiger partial charge in [0.1, 0.15) is 5.82 Å². The molecule has 1 aromatic carbocycles. The Morgan fingerprint density at radius 1 is 1.25 bits per heavy atom. The Morgan fingerprint density at radius 2 is 1.96 bits per heavy atom. The third kappa shape index (κ3) is 3.12. The van der Waals surface area contributed by atoms with Crippen LogP contribution in [0.3, 0.4) is 0 Å². The van der Waals surface area contributed by atoms with Crippen molar-refractivity contribution in [2.45, 2.75) is 19.6 Å². The highest BCUT2D eigenvalue weighted by Crippen LogP contribution is 2.23. The van der Waals surface area contributed by atoms with Crippen LogP contribution in [-0.4, -0.2) is 27.3 Å². The molecule has 0 amide bonds. The standard InChI is InChI=1S/C16H14FN3O4/c1-16(2)23-14(21)11(15(22)24-16)8-19-10-3-4-13(12(17)7-10)20-6-5-18-9-20/h3-9,19H,1-2H3. The summed E-state index contributed by atoms with van der Waals surface area (Å²) >= 11 is 0. The summed E-state index contributed by atoms with van der Waals surface area (Å²) in [6, 6.07) is 4.37. The largest absolute Gasteiger partial charge is 0.419 e. The van der Waals surface area contributed by atoms with Crippen LogP contribution >= 0.6 is 0 Å². The van der Waals surface area contributed by atoms with E-state index in [-0.39, 0.29) is 5.57 Å². The summed E-state index contributed by atoms with van der Waals surface area (Å²) in [5, 5.41) is 2.69. The van der Waals surface area contributed by atoms with Crippen LogP contribution in [0.5, 0.6) is 0 Å². The number of aromatic nitrogens is 2. The van der Waals surface area contributed by atoms with Crippen LogP contribution < -0.4 is 5.32 Å². The molecule has 0 unspecified atom stereocenters. The molecular weight excluding hydrogens is 317 g/mol. The van der Waals surface area contributed by atoms with E-state index in [2.05, 4.69) is 10.3 Å². The van der Waals surface area contributed by atoms with Crippen molar-refractivity contribution in [3.8, 4) is 5.69 Å². The highest BCUT2D eigenvalue weighted by atomic mass is 19.1. The van der Waals surface area contributed by atoms with Crippen LogP contribution in [0.2, 0.25) is 0 Å². The van der Waals surface area contributed by atoms with Crippen molar-refractivity contribution in [2.24, 2.45) is 0 Å². The molecule has 1 aliphatic heterocycles. The number of carbonyl (C=O) groups excluding carboxylic acids is 2. The van der Waals surface area contributed by atoms with Gasteiger partial charge in [-0.25, -0.2) is 19.0 Å². The molecule has 0 radical (unpaired) electrons. The van der Waals surface area contributed by atoms with Crippen molar-refractivity contribution in [3.05, 3.63) is 54.5 Å². The molecule has 7 nitrogen and oxygen atoms in total. The van der Waals surface area contributed by atoms with E-state index in [1.165, 1.54) is 37.0 Å². The number of nitrogens with one attached hydrogen (secondary N) is 1. The number of rotatable bonds is 3. The number of benzene rings is 1. The van der Waals surface area contributed by atoms with Crippen molar-refractivity contribution < 1.29 is 23.5 Å². The van der Waals surface area contributed by atoms with Gasteiger partial charge in [0, 0.05) is 38.1 Å². The van der Waals surface area contributed by atoms with Gasteiger partial charge in [0.15, 0.2) is 5.57 Å². The van der Waals surface area contributed by atoms with Gasteiger partial charge in [-0.15, -0.1) is 0 Å². The lowest BCUT2D eigenvalue weighted by Gasteiger charge is -2.29. The summed E-state index contributed by atoms with van der Waals surface area (Å²) < 4.78 is 25.6. The van der Waals surface area contributed by atoms with E-state index in [0.717, 1.165) is 6.20 Å². The lowest BCUT2D eigenvalue weighted by atomic mass is 10.2. The Morgan fingerprint density at radius 3 is 2.54 bits per heavy atom. The highest BCUT2D eigenvalue weighted by Gasteiger charge is 2.38. The van der Waals surface area contributed by atoms with Crippen LogP contribution in [0.4, 0.5) is 10.1 Å². The zero-order valence-electron chi connectivity index (χ0n) is 12.9. The van der Waals surface area contributed by atoms with Gasteiger partial charge in [-0.3, -0.25) is 0 Å². The van der Waals surface area contributed by atoms with Crippen molar-refractivity contribution in [2.75, 3.05) is 5.32 Å². The second kappa shape index (κ2) is 5.80. The predicted octanol–water partition coefficient (Wildman–Crippen LogP) is 2.14. The average Bonchev–Trinajstić information content (AvgIpc) is 2.99. The van der Waals surface area contributed by atoms with Crippen molar-refractivity contribution >= 4 is 17.6 Å². The number of cyclic esters (lactones) is 2. The number of imidazole rings is 1. The number of hydrogen-bond donors (Lipinski definition) is 1. The minimum atomic E-state index is -1.30. The quantitative estimate of drug-likeness (QED) is 0.527. The zero-order chi connectivity index (χ0) is 17.3. The van der Waals surface area contributed by atoms with Gasteiger partial charge in [0.25, 0.3) is 5.79 Å². The van der Waals surface area contributed by atoms with Gasteiger partial charge in [0.05, 0.1) is 12.0 Å². The van der Waals surface area contributed by atoms with E-state index in [0.29, 0.717) is 11.4 Å². The molecule has 8 heteroatoms. The van der Waals surface area contributed by atoms with Gasteiger partial charge in [-0.2, -0.15) is 0 Å². The second-order valence-corrected chi connectivity index (χ2v) is 5.52. The van der Waals surface area contributed by atoms with Crippen LogP contribution in [0.25, 0.3) is 5.69 Å². The van der Waals surface area contributed by atoms with Crippen LogP contribution in [0.1, 0.15) is 13.8 Å². The molecule has 2 heterocycles. The van der Waals surface area contributed by atoms with Crippen molar-refractivity contribution in [1.29, 1.82) is 0 Å². The number of esters is 2. The van der Waals surface area contributed by atoms with Gasteiger partial charge >= 0.3 is 11.9 Å². The van der Waals surface area contributed by atoms with E-state index in [1.807, 2.05) is 0 Å². The molecule has 1 saturated heterocycles. The van der Waals surface area contributed by atoms with Crippen molar-refractivity contribution in [1.82, 2.24) is 9.55 Å². The number of halogens is 1. The monoisotopic (exact) mass is 331 g/mol. The Bertz CT molecular complexity index is 806. The maximum absolute atomic E-state index is 14.1. The number of anilines is 1. The number of hydrogen-bond acceptors (Lipinski definition) is 6. The Kier molecular flexibility index (Phi) is 3.80. The van der Waals surface area contributed by atoms with Gasteiger partial charge in [-0.05, 0) is 18.2 Å². The predicted molar refractivity (Wildman–Crippen MR) is 81.5 cm³/mol. The Hall–Kier alpha value is -3.16. The molecule has 0 bridgehead atoms. The molecule has 1 aromatic heterocycles. The molecule has 2 aromatic rings. The molecular formula is C16H14FN3O4. The van der Waals surface area contributed by atoms with Crippen LogP contribution in [-0.2, 0) is 19.1 Å². The third-order valence-corrected chi connectivity index (χ3v) is 3.23. The summed E-state index contributed by atoms with van der Waals surface area (Å²) in [4.78, 5) is 27.5. The molecule has 0 atom stereocenters. The fourth-order valence-corrected chi connectivity index (χ4v) is 2.14. The molecule has 1 aliphatic rings. The number of ether oxygens (including phenoxy) is 2. The fraction of sp³-hybridized carbons (Fsp3) is 0.188. The summed E-state index contributed by atoms with van der Waals surface area (Å²) in [5.41, 5.74) is 0.381. The van der Waals surface area contributed by atoms with Crippen molar-refractivity contribution in [3.63, 3.8) is 0 Å². The maximum Gasteiger partial charge on any atom is 0.350 e. The number of nitrogens with zero attached hydrogens (tertiary/aromatic N) is 2. The van der Waals surface area contributed by atoms with E-state index >= 15 is 0 Å².